The molecule has 0 saturated heterocycles. The second-order valence-corrected chi connectivity index (χ2v) is 9.83. The second-order valence-electron chi connectivity index (χ2n) is 8.92. The molecule has 2 amide bonds. The number of hydrogen-bond acceptors (Lipinski definition) is 3. The van der Waals surface area contributed by atoms with E-state index in [1.165, 1.54) is 0 Å². The average molecular weight is 547 g/mol. The van der Waals surface area contributed by atoms with Crippen molar-refractivity contribution in [3.8, 4) is 0 Å². The number of rotatable bonds is 11. The smallest absolute Gasteiger partial charge is 0.251 e. The molecule has 7 heteroatoms. The van der Waals surface area contributed by atoms with Gasteiger partial charge in [0.05, 0.1) is 11.0 Å². The number of aromatic nitrogens is 2. The van der Waals surface area contributed by atoms with Crippen LogP contribution < -0.4 is 5.32 Å². The molecule has 0 aliphatic heterocycles. The number of carbonyl (C=O) groups excluding carboxylic acids is 2. The molecule has 0 saturated carbocycles. The van der Waals surface area contributed by atoms with Gasteiger partial charge in [-0.15, -0.1) is 0 Å². The van der Waals surface area contributed by atoms with Crippen LogP contribution in [-0.2, 0) is 24.3 Å². The monoisotopic (exact) mass is 546 g/mol. The van der Waals surface area contributed by atoms with Crippen LogP contribution in [0.15, 0.2) is 83.3 Å². The van der Waals surface area contributed by atoms with Crippen LogP contribution in [-0.4, -0.2) is 39.9 Å². The molecule has 1 N–H and O–H groups in total. The SMILES string of the molecule is CN(Cc1ccccc1)C(=O)Cn1c(CCCCCNC(=O)c2cccc(Br)c2)nc2ccccc21. The summed E-state index contributed by atoms with van der Waals surface area (Å²) >= 11 is 3.40. The Bertz CT molecular complexity index is 1320. The summed E-state index contributed by atoms with van der Waals surface area (Å²) in [7, 11) is 1.84. The number of hydrogen-bond donors (Lipinski definition) is 1. The molecule has 36 heavy (non-hydrogen) atoms. The van der Waals surface area contributed by atoms with Crippen LogP contribution in [0.5, 0.6) is 0 Å². The number of amides is 2. The fourth-order valence-electron chi connectivity index (χ4n) is 4.21. The molecule has 0 bridgehead atoms. The van der Waals surface area contributed by atoms with E-state index in [9.17, 15) is 9.59 Å². The maximum atomic E-state index is 13.1. The maximum Gasteiger partial charge on any atom is 0.251 e. The zero-order valence-electron chi connectivity index (χ0n) is 20.5. The number of benzene rings is 3. The molecular formula is C29H31BrN4O2. The van der Waals surface area contributed by atoms with Gasteiger partial charge in [-0.2, -0.15) is 0 Å². The standard InChI is InChI=1S/C29H31BrN4O2/c1-33(20-22-11-4-2-5-12-22)28(35)21-34-26-16-8-7-15-25(26)32-27(34)17-6-3-9-18-31-29(36)23-13-10-14-24(30)19-23/h2,4-5,7-8,10-16,19H,3,6,9,17-18,20-21H2,1H3,(H,31,36). The molecule has 0 unspecified atom stereocenters. The highest BCUT2D eigenvalue weighted by molar-refractivity contribution is 9.10. The number of fused-ring (bicyclic) bond motifs is 1. The number of para-hydroxylation sites is 2. The van der Waals surface area contributed by atoms with Crippen LogP contribution in [0.2, 0.25) is 0 Å². The molecule has 0 aliphatic carbocycles. The minimum atomic E-state index is -0.0590. The van der Waals surface area contributed by atoms with E-state index < -0.39 is 0 Å². The summed E-state index contributed by atoms with van der Waals surface area (Å²) in [6.07, 6.45) is 3.57. The first kappa shape index (κ1) is 25.6. The molecule has 0 fully saturated rings. The predicted molar refractivity (Wildman–Crippen MR) is 147 cm³/mol. The number of unbranched alkanes of at least 4 members (excludes halogenated alkanes) is 2. The van der Waals surface area contributed by atoms with Crippen molar-refractivity contribution in [1.29, 1.82) is 0 Å². The van der Waals surface area contributed by atoms with Gasteiger partial charge in [0.1, 0.15) is 12.4 Å². The molecule has 0 aliphatic rings. The van der Waals surface area contributed by atoms with Gasteiger partial charge < -0.3 is 14.8 Å². The van der Waals surface area contributed by atoms with Crippen LogP contribution in [0.3, 0.4) is 0 Å². The molecule has 3 aromatic carbocycles. The molecule has 0 spiro atoms. The van der Waals surface area contributed by atoms with E-state index in [-0.39, 0.29) is 18.4 Å². The molecule has 6 nitrogen and oxygen atoms in total. The normalized spacial score (nSPS) is 10.9. The lowest BCUT2D eigenvalue weighted by Gasteiger charge is -2.19. The fourth-order valence-corrected chi connectivity index (χ4v) is 4.61. The van der Waals surface area contributed by atoms with E-state index in [4.69, 9.17) is 4.98 Å². The molecule has 4 aromatic rings. The topological polar surface area (TPSA) is 67.2 Å². The molecule has 186 valence electrons. The summed E-state index contributed by atoms with van der Waals surface area (Å²) in [6, 6.07) is 25.4. The van der Waals surface area contributed by atoms with E-state index in [1.54, 1.807) is 4.90 Å². The number of nitrogens with zero attached hydrogens (tertiary/aromatic N) is 3. The van der Waals surface area contributed by atoms with Gasteiger partial charge in [0.2, 0.25) is 5.91 Å². The highest BCUT2D eigenvalue weighted by atomic mass is 79.9. The summed E-state index contributed by atoms with van der Waals surface area (Å²) in [6.45, 7) is 1.47. The van der Waals surface area contributed by atoms with Crippen LogP contribution in [0.25, 0.3) is 11.0 Å². The van der Waals surface area contributed by atoms with E-state index >= 15 is 0 Å². The van der Waals surface area contributed by atoms with Crippen molar-refractivity contribution in [3.05, 3.63) is 100 Å². The van der Waals surface area contributed by atoms with Crippen LogP contribution in [0.1, 0.15) is 41.0 Å². The first-order valence-corrected chi connectivity index (χ1v) is 13.1. The van der Waals surface area contributed by atoms with Gasteiger partial charge in [0.15, 0.2) is 0 Å². The summed E-state index contributed by atoms with van der Waals surface area (Å²) in [5, 5.41) is 2.99. The Kier molecular flexibility index (Phi) is 8.90. The number of aryl methyl sites for hydroxylation is 1. The van der Waals surface area contributed by atoms with Crippen molar-refractivity contribution in [2.45, 2.75) is 38.8 Å². The van der Waals surface area contributed by atoms with Gasteiger partial charge >= 0.3 is 0 Å². The number of nitrogens with one attached hydrogen (secondary N) is 1. The third-order valence-corrected chi connectivity index (χ3v) is 6.66. The summed E-state index contributed by atoms with van der Waals surface area (Å²) < 4.78 is 2.94. The summed E-state index contributed by atoms with van der Waals surface area (Å²) in [5.41, 5.74) is 3.65. The number of carbonyl (C=O) groups is 2. The van der Waals surface area contributed by atoms with Gasteiger partial charge in [0.25, 0.3) is 5.91 Å². The van der Waals surface area contributed by atoms with Gasteiger partial charge in [0, 0.05) is 36.6 Å². The minimum absolute atomic E-state index is 0.0542. The van der Waals surface area contributed by atoms with Crippen LogP contribution >= 0.6 is 15.9 Å². The largest absolute Gasteiger partial charge is 0.352 e. The molecule has 0 atom stereocenters. The molecule has 0 radical (unpaired) electrons. The van der Waals surface area contributed by atoms with Gasteiger partial charge in [-0.3, -0.25) is 9.59 Å². The van der Waals surface area contributed by atoms with Gasteiger partial charge in [-0.25, -0.2) is 4.98 Å². The van der Waals surface area contributed by atoms with Gasteiger partial charge in [-0.05, 0) is 48.7 Å². The number of likely N-dealkylation sites (N-methyl/N-ethyl adjacent to an activating group) is 1. The molecular weight excluding hydrogens is 516 g/mol. The molecule has 4 rings (SSSR count). The van der Waals surface area contributed by atoms with E-state index in [1.807, 2.05) is 90.5 Å². The Balaban J connectivity index is 1.31. The quantitative estimate of drug-likeness (QED) is 0.249. The van der Waals surface area contributed by atoms with Gasteiger partial charge in [-0.1, -0.05) is 70.9 Å². The lowest BCUT2D eigenvalue weighted by atomic mass is 10.1. The maximum absolute atomic E-state index is 13.1. The van der Waals surface area contributed by atoms with Crippen molar-refractivity contribution in [2.24, 2.45) is 0 Å². The summed E-state index contributed by atoms with van der Waals surface area (Å²) in [5.74, 6) is 0.922. The minimum Gasteiger partial charge on any atom is -0.352 e. The Morgan fingerprint density at radius 3 is 2.53 bits per heavy atom. The highest BCUT2D eigenvalue weighted by Crippen LogP contribution is 2.19. The van der Waals surface area contributed by atoms with Crippen LogP contribution in [0.4, 0.5) is 0 Å². The van der Waals surface area contributed by atoms with Crippen molar-refractivity contribution in [2.75, 3.05) is 13.6 Å². The summed E-state index contributed by atoms with van der Waals surface area (Å²) in [4.78, 5) is 31.9. The lowest BCUT2D eigenvalue weighted by Crippen LogP contribution is -2.30. The average Bonchev–Trinajstić information content (AvgIpc) is 3.23. The van der Waals surface area contributed by atoms with Crippen molar-refractivity contribution in [3.63, 3.8) is 0 Å². The Morgan fingerprint density at radius 1 is 0.944 bits per heavy atom. The van der Waals surface area contributed by atoms with E-state index in [2.05, 4.69) is 21.2 Å². The highest BCUT2D eigenvalue weighted by Gasteiger charge is 2.16. The second kappa shape index (κ2) is 12.5. The van der Waals surface area contributed by atoms with E-state index in [0.29, 0.717) is 18.7 Å². The third kappa shape index (κ3) is 6.82. The predicted octanol–water partition coefficient (Wildman–Crippen LogP) is 5.60. The fraction of sp³-hybridized carbons (Fsp3) is 0.276. The number of imidazole rings is 1. The van der Waals surface area contributed by atoms with E-state index in [0.717, 1.165) is 52.6 Å². The third-order valence-electron chi connectivity index (χ3n) is 6.16. The first-order valence-electron chi connectivity index (χ1n) is 12.3. The Hall–Kier alpha value is -3.45. The van der Waals surface area contributed by atoms with Crippen molar-refractivity contribution < 1.29 is 9.59 Å². The first-order chi connectivity index (χ1) is 17.5. The Morgan fingerprint density at radius 2 is 1.72 bits per heavy atom. The molecule has 1 heterocycles. The van der Waals surface area contributed by atoms with Crippen LogP contribution in [0, 0.1) is 0 Å². The zero-order valence-corrected chi connectivity index (χ0v) is 22.1. The zero-order chi connectivity index (χ0) is 25.3. The Labute approximate surface area is 220 Å². The van der Waals surface area contributed by atoms with Crippen molar-refractivity contribution in [1.82, 2.24) is 19.8 Å². The number of halogens is 1. The molecule has 1 aromatic heterocycles. The lowest BCUT2D eigenvalue weighted by molar-refractivity contribution is -0.131. The van der Waals surface area contributed by atoms with Crippen molar-refractivity contribution >= 4 is 38.8 Å².